The Morgan fingerprint density at radius 1 is 1.41 bits per heavy atom. The van der Waals surface area contributed by atoms with Crippen LogP contribution in [-0.4, -0.2) is 33.4 Å². The molecule has 0 amide bonds. The first kappa shape index (κ1) is 11.4. The van der Waals surface area contributed by atoms with Crippen LogP contribution in [0.2, 0.25) is 0 Å². The van der Waals surface area contributed by atoms with Crippen LogP contribution in [0.1, 0.15) is 12.5 Å². The predicted molar refractivity (Wildman–Crippen MR) is 64.6 cm³/mol. The Morgan fingerprint density at radius 3 is 2.82 bits per heavy atom. The molecule has 6 nitrogen and oxygen atoms in total. The molecule has 2 aromatic rings. The number of nitrogens with zero attached hydrogens (tertiary/aromatic N) is 4. The fourth-order valence-electron chi connectivity index (χ4n) is 1.54. The highest BCUT2D eigenvalue weighted by molar-refractivity contribution is 5.57. The molecular formula is C11H15N5O. The number of aromatic nitrogens is 4. The Labute approximate surface area is 99.7 Å². The lowest BCUT2D eigenvalue weighted by Crippen LogP contribution is -2.08. The molecule has 0 saturated heterocycles. The lowest BCUT2D eigenvalue weighted by molar-refractivity contribution is 0.409. The summed E-state index contributed by atoms with van der Waals surface area (Å²) in [5, 5.41) is 7.34. The quantitative estimate of drug-likeness (QED) is 0.865. The molecule has 0 atom stereocenters. The molecule has 2 aromatic heterocycles. The van der Waals surface area contributed by atoms with Crippen LogP contribution in [0.4, 0.5) is 5.82 Å². The Bertz CT molecular complexity index is 508. The fraction of sp³-hybridized carbons (Fsp3) is 0.364. The number of nitrogens with one attached hydrogen (secondary N) is 1. The van der Waals surface area contributed by atoms with Crippen molar-refractivity contribution in [1.29, 1.82) is 0 Å². The number of hydrogen-bond donors (Lipinski definition) is 1. The van der Waals surface area contributed by atoms with E-state index in [1.807, 2.05) is 20.0 Å². The van der Waals surface area contributed by atoms with Gasteiger partial charge in [-0.25, -0.2) is 14.6 Å². The van der Waals surface area contributed by atoms with Crippen molar-refractivity contribution in [3.05, 3.63) is 24.3 Å². The second kappa shape index (κ2) is 4.82. The molecule has 1 N–H and O–H groups in total. The van der Waals surface area contributed by atoms with Crippen molar-refractivity contribution in [1.82, 2.24) is 19.7 Å². The summed E-state index contributed by atoms with van der Waals surface area (Å²) in [7, 11) is 1.60. The number of methoxy groups -OCH3 is 1. The first-order chi connectivity index (χ1) is 8.26. The average molecular weight is 233 g/mol. The van der Waals surface area contributed by atoms with Crippen molar-refractivity contribution in [3.63, 3.8) is 0 Å². The van der Waals surface area contributed by atoms with Gasteiger partial charge in [-0.05, 0) is 19.4 Å². The van der Waals surface area contributed by atoms with Crippen LogP contribution in [0.5, 0.6) is 5.75 Å². The van der Waals surface area contributed by atoms with Crippen LogP contribution < -0.4 is 10.1 Å². The van der Waals surface area contributed by atoms with Gasteiger partial charge in [0.2, 0.25) is 11.6 Å². The second-order valence-corrected chi connectivity index (χ2v) is 3.57. The number of anilines is 1. The lowest BCUT2D eigenvalue weighted by Gasteiger charge is -2.11. The van der Waals surface area contributed by atoms with E-state index < -0.39 is 0 Å². The van der Waals surface area contributed by atoms with Gasteiger partial charge in [0, 0.05) is 12.7 Å². The summed E-state index contributed by atoms with van der Waals surface area (Å²) in [6.07, 6.45) is 5.15. The highest BCUT2D eigenvalue weighted by Gasteiger charge is 2.13. The van der Waals surface area contributed by atoms with Gasteiger partial charge in [0.15, 0.2) is 5.82 Å². The van der Waals surface area contributed by atoms with E-state index in [2.05, 4.69) is 20.4 Å². The summed E-state index contributed by atoms with van der Waals surface area (Å²) in [6.45, 7) is 4.74. The molecule has 0 aromatic carbocycles. The van der Waals surface area contributed by atoms with Gasteiger partial charge in [-0.2, -0.15) is 5.10 Å². The molecular weight excluding hydrogens is 218 g/mol. The Balaban J connectivity index is 2.49. The minimum Gasteiger partial charge on any atom is -0.490 e. The van der Waals surface area contributed by atoms with Crippen molar-refractivity contribution >= 4 is 5.82 Å². The van der Waals surface area contributed by atoms with Gasteiger partial charge in [-0.1, -0.05) is 0 Å². The minimum atomic E-state index is 0.595. The SMILES string of the molecule is CCNc1ncnc(-n2cc(C)cn2)c1OC. The van der Waals surface area contributed by atoms with Gasteiger partial charge in [0.25, 0.3) is 0 Å². The van der Waals surface area contributed by atoms with Gasteiger partial charge in [0.1, 0.15) is 6.33 Å². The zero-order valence-electron chi connectivity index (χ0n) is 10.1. The molecule has 17 heavy (non-hydrogen) atoms. The summed E-state index contributed by atoms with van der Waals surface area (Å²) in [6, 6.07) is 0. The van der Waals surface area contributed by atoms with Crippen LogP contribution in [0.25, 0.3) is 5.82 Å². The Kier molecular flexibility index (Phi) is 3.22. The van der Waals surface area contributed by atoms with Crippen molar-refractivity contribution < 1.29 is 4.74 Å². The van der Waals surface area contributed by atoms with Gasteiger partial charge in [-0.3, -0.25) is 0 Å². The third-order valence-electron chi connectivity index (χ3n) is 2.26. The number of hydrogen-bond acceptors (Lipinski definition) is 5. The molecule has 2 rings (SSSR count). The van der Waals surface area contributed by atoms with E-state index in [0.29, 0.717) is 17.4 Å². The second-order valence-electron chi connectivity index (χ2n) is 3.57. The molecule has 6 heteroatoms. The molecule has 0 aliphatic rings. The van der Waals surface area contributed by atoms with E-state index in [-0.39, 0.29) is 0 Å². The van der Waals surface area contributed by atoms with E-state index in [0.717, 1.165) is 12.1 Å². The molecule has 0 fully saturated rings. The lowest BCUT2D eigenvalue weighted by atomic mass is 10.4. The van der Waals surface area contributed by atoms with Crippen molar-refractivity contribution in [3.8, 4) is 11.6 Å². The zero-order valence-corrected chi connectivity index (χ0v) is 10.1. The normalized spacial score (nSPS) is 10.3. The number of ether oxygens (including phenoxy) is 1. The summed E-state index contributed by atoms with van der Waals surface area (Å²) in [4.78, 5) is 8.34. The smallest absolute Gasteiger partial charge is 0.206 e. The molecule has 0 unspecified atom stereocenters. The zero-order chi connectivity index (χ0) is 12.3. The van der Waals surface area contributed by atoms with E-state index >= 15 is 0 Å². The topological polar surface area (TPSA) is 64.9 Å². The maximum Gasteiger partial charge on any atom is 0.206 e. The number of rotatable bonds is 4. The van der Waals surface area contributed by atoms with E-state index in [4.69, 9.17) is 4.74 Å². The monoisotopic (exact) mass is 233 g/mol. The molecule has 0 spiro atoms. The van der Waals surface area contributed by atoms with Crippen molar-refractivity contribution in [2.45, 2.75) is 13.8 Å². The summed E-state index contributed by atoms with van der Waals surface area (Å²) in [5.41, 5.74) is 1.07. The molecule has 0 bridgehead atoms. The fourth-order valence-corrected chi connectivity index (χ4v) is 1.54. The third kappa shape index (κ3) is 2.20. The number of aryl methyl sites for hydroxylation is 1. The summed E-state index contributed by atoms with van der Waals surface area (Å²) >= 11 is 0. The van der Waals surface area contributed by atoms with E-state index in [9.17, 15) is 0 Å². The molecule has 0 radical (unpaired) electrons. The average Bonchev–Trinajstić information content (AvgIpc) is 2.76. The largest absolute Gasteiger partial charge is 0.490 e. The Hall–Kier alpha value is -2.11. The van der Waals surface area contributed by atoms with E-state index in [1.54, 1.807) is 18.0 Å². The summed E-state index contributed by atoms with van der Waals surface area (Å²) < 4.78 is 7.02. The highest BCUT2D eigenvalue weighted by atomic mass is 16.5. The summed E-state index contributed by atoms with van der Waals surface area (Å²) in [5.74, 6) is 1.90. The van der Waals surface area contributed by atoms with Gasteiger partial charge in [-0.15, -0.1) is 0 Å². The highest BCUT2D eigenvalue weighted by Crippen LogP contribution is 2.27. The van der Waals surface area contributed by atoms with Crippen LogP contribution >= 0.6 is 0 Å². The molecule has 0 aliphatic carbocycles. The van der Waals surface area contributed by atoms with Gasteiger partial charge >= 0.3 is 0 Å². The van der Waals surface area contributed by atoms with Crippen LogP contribution in [0.15, 0.2) is 18.7 Å². The van der Waals surface area contributed by atoms with Crippen molar-refractivity contribution in [2.75, 3.05) is 19.0 Å². The third-order valence-corrected chi connectivity index (χ3v) is 2.26. The molecule has 2 heterocycles. The van der Waals surface area contributed by atoms with Crippen LogP contribution in [0.3, 0.4) is 0 Å². The first-order valence-electron chi connectivity index (χ1n) is 5.40. The first-order valence-corrected chi connectivity index (χ1v) is 5.40. The molecule has 90 valence electrons. The molecule has 0 aliphatic heterocycles. The Morgan fingerprint density at radius 2 is 2.24 bits per heavy atom. The van der Waals surface area contributed by atoms with E-state index in [1.165, 1.54) is 6.33 Å². The maximum absolute atomic E-state index is 5.34. The van der Waals surface area contributed by atoms with Gasteiger partial charge < -0.3 is 10.1 Å². The van der Waals surface area contributed by atoms with Crippen LogP contribution in [-0.2, 0) is 0 Å². The predicted octanol–water partition coefficient (Wildman–Crippen LogP) is 1.41. The van der Waals surface area contributed by atoms with Gasteiger partial charge in [0.05, 0.1) is 13.3 Å². The minimum absolute atomic E-state index is 0.595. The standard InChI is InChI=1S/C11H15N5O/c1-4-12-10-9(17-3)11(14-7-13-10)16-6-8(2)5-15-16/h5-7H,4H2,1-3H3,(H,12,13,14). The maximum atomic E-state index is 5.34. The van der Waals surface area contributed by atoms with Crippen molar-refractivity contribution in [2.24, 2.45) is 0 Å². The molecule has 0 saturated carbocycles. The van der Waals surface area contributed by atoms with Crippen LogP contribution in [0, 0.1) is 6.92 Å².